The Morgan fingerprint density at radius 2 is 0.955 bits per heavy atom. The zero-order chi connectivity index (χ0) is 18.3. The van der Waals surface area contributed by atoms with Crippen molar-refractivity contribution in [2.24, 2.45) is 0 Å². The second kappa shape index (κ2) is 11.0. The molecule has 0 aromatic rings. The van der Waals surface area contributed by atoms with Crippen LogP contribution >= 0.6 is 0 Å². The van der Waals surface area contributed by atoms with Gasteiger partial charge in [0, 0.05) is 0 Å². The summed E-state index contributed by atoms with van der Waals surface area (Å²) in [5, 5.41) is 0. The molecule has 0 N–H and O–H groups in total. The molecule has 9 nitrogen and oxygen atoms in total. The Morgan fingerprint density at radius 1 is 0.864 bits per heavy atom. The van der Waals surface area contributed by atoms with E-state index in [9.17, 15) is 26.3 Å². The summed E-state index contributed by atoms with van der Waals surface area (Å²) in [6, 6.07) is 0. The minimum absolute atomic E-state index is 0. The Labute approximate surface area is 140 Å². The van der Waals surface area contributed by atoms with Crippen LogP contribution in [-0.2, 0) is 61.6 Å². The van der Waals surface area contributed by atoms with Gasteiger partial charge >= 0.3 is 36.9 Å². The van der Waals surface area contributed by atoms with Gasteiger partial charge < -0.3 is 17.8 Å². The van der Waals surface area contributed by atoms with Crippen LogP contribution in [0.25, 0.3) is 0 Å². The molecule has 0 saturated heterocycles. The Morgan fingerprint density at radius 3 is 0.955 bits per heavy atom. The van der Waals surface area contributed by atoms with Crippen LogP contribution in [0.5, 0.6) is 0 Å². The molecule has 0 bridgehead atoms. The first kappa shape index (κ1) is 30.2. The van der Waals surface area contributed by atoms with E-state index in [-0.39, 0.29) is 25.8 Å². The summed E-state index contributed by atoms with van der Waals surface area (Å²) in [5.74, 6) is 0. The molecule has 0 rings (SSSR count). The van der Waals surface area contributed by atoms with Gasteiger partial charge in [-0.25, -0.2) is 21.0 Å². The summed E-state index contributed by atoms with van der Waals surface area (Å²) in [4.78, 5) is 0. The van der Waals surface area contributed by atoms with Crippen LogP contribution in [0.15, 0.2) is 0 Å². The molecule has 0 spiro atoms. The largest absolute Gasteiger partial charge is 3.00 e. The van der Waals surface area contributed by atoms with Crippen molar-refractivity contribution >= 4 is 31.6 Å². The minimum Gasteiger partial charge on any atom is -0.750 e. The van der Waals surface area contributed by atoms with Crippen LogP contribution in [0.3, 0.4) is 0 Å². The first-order valence-electron chi connectivity index (χ1n) is 3.45. The third kappa shape index (κ3) is 18.4. The summed E-state index contributed by atoms with van der Waals surface area (Å²) < 4.78 is 140. The van der Waals surface area contributed by atoms with Crippen molar-refractivity contribution in [2.75, 3.05) is 7.11 Å². The van der Waals surface area contributed by atoms with Crippen LogP contribution in [0, 0.1) is 0 Å². The predicted molar refractivity (Wildman–Crippen MR) is 47.4 cm³/mol. The molecule has 0 aliphatic heterocycles. The van der Waals surface area contributed by atoms with Crippen molar-refractivity contribution in [1.82, 2.24) is 0 Å². The van der Waals surface area contributed by atoms with Gasteiger partial charge in [-0.2, -0.15) is 26.3 Å². The Kier molecular flexibility index (Phi) is 15.1. The third-order valence-electron chi connectivity index (χ3n) is 0.703. The van der Waals surface area contributed by atoms with Gasteiger partial charge in [-0.1, -0.05) is 0 Å². The van der Waals surface area contributed by atoms with Crippen LogP contribution in [0.1, 0.15) is 0 Å². The second-order valence-corrected chi connectivity index (χ2v) is 5.65. The summed E-state index contributed by atoms with van der Waals surface area (Å²) in [5.41, 5.74) is -11.3. The van der Waals surface area contributed by atoms with Crippen molar-refractivity contribution in [3.8, 4) is 0 Å². The number of hydrogen-bond acceptors (Lipinski definition) is 9. The van der Waals surface area contributed by atoms with E-state index in [0.717, 1.165) is 7.11 Å². The molecule has 0 aliphatic rings. The quantitative estimate of drug-likeness (QED) is 0.228. The van der Waals surface area contributed by atoms with Gasteiger partial charge in [0.1, 0.15) is 0 Å². The summed E-state index contributed by atoms with van der Waals surface area (Å²) in [6.07, 6.45) is 0. The first-order chi connectivity index (χ1) is 8.77. The topological polar surface area (TPSA) is 164 Å². The fourth-order valence-electron chi connectivity index (χ4n) is 0. The van der Waals surface area contributed by atoms with Gasteiger partial charge in [-0.15, -0.1) is 0 Å². The molecular formula is C3H3F6O9S3Sc. The van der Waals surface area contributed by atoms with Gasteiger partial charge in [0.05, 0.1) is 18.5 Å². The fraction of sp³-hybridized carbons (Fsp3) is 1.00. The standard InChI is InChI=1S/2CHF3O3S.CH4O3S.Sc/c2*2-1(3,4)8(5,6)7;1-4-5(2)3;/h2*(H,5,6,7);1H3,(H,2,3);/q;;;+3/p-3. The number of alkyl halides is 6. The van der Waals surface area contributed by atoms with Gasteiger partial charge in [0.15, 0.2) is 20.2 Å². The molecule has 19 heteroatoms. The van der Waals surface area contributed by atoms with E-state index in [1.54, 1.807) is 0 Å². The van der Waals surface area contributed by atoms with Gasteiger partial charge in [-0.3, -0.25) is 0 Å². The summed E-state index contributed by atoms with van der Waals surface area (Å²) in [6.45, 7) is 0. The molecular weight excluding hydrogens is 435 g/mol. The first-order valence-corrected chi connectivity index (χ1v) is 7.27. The Balaban J connectivity index is -0.000000111. The third-order valence-corrected chi connectivity index (χ3v) is 2.11. The van der Waals surface area contributed by atoms with E-state index >= 15 is 0 Å². The van der Waals surface area contributed by atoms with Crippen molar-refractivity contribution in [3.63, 3.8) is 0 Å². The molecule has 0 fully saturated rings. The molecule has 22 heavy (non-hydrogen) atoms. The van der Waals surface area contributed by atoms with E-state index < -0.39 is 42.6 Å². The van der Waals surface area contributed by atoms with Gasteiger partial charge in [0.2, 0.25) is 0 Å². The maximum Gasteiger partial charge on any atom is 3.00 e. The average molecular weight is 438 g/mol. The van der Waals surface area contributed by atoms with Gasteiger partial charge in [-0.05, 0) is 0 Å². The molecule has 0 aromatic heterocycles. The summed E-state index contributed by atoms with van der Waals surface area (Å²) >= 11 is -2.32. The van der Waals surface area contributed by atoms with Crippen molar-refractivity contribution in [3.05, 3.63) is 0 Å². The van der Waals surface area contributed by atoms with E-state index in [1.807, 2.05) is 0 Å². The molecule has 132 valence electrons. The van der Waals surface area contributed by atoms with E-state index in [2.05, 4.69) is 4.18 Å². The molecule has 0 amide bonds. The molecule has 1 atom stereocenters. The Hall–Kier alpha value is 0.340. The fourth-order valence-corrected chi connectivity index (χ4v) is 0. The number of halogens is 6. The summed E-state index contributed by atoms with van der Waals surface area (Å²) in [7, 11) is -11.1. The SMILES string of the molecule is COS(=O)[O-].O=S(=O)([O-])C(F)(F)F.O=S(=O)([O-])C(F)(F)F.[Sc+3]. The van der Waals surface area contributed by atoms with E-state index in [4.69, 9.17) is 34.7 Å². The van der Waals surface area contributed by atoms with Crippen LogP contribution in [0.4, 0.5) is 26.3 Å². The predicted octanol–water partition coefficient (Wildman–Crippen LogP) is -0.473. The van der Waals surface area contributed by atoms with Gasteiger partial charge in [0.25, 0.3) is 0 Å². The Bertz CT molecular complexity index is 478. The van der Waals surface area contributed by atoms with Crippen molar-refractivity contribution in [1.29, 1.82) is 0 Å². The number of hydrogen-bond donors (Lipinski definition) is 0. The van der Waals surface area contributed by atoms with Crippen LogP contribution < -0.4 is 0 Å². The number of rotatable bonds is 1. The molecule has 0 saturated carbocycles. The maximum atomic E-state index is 10.7. The van der Waals surface area contributed by atoms with Crippen LogP contribution in [-0.4, -0.2) is 52.8 Å². The zero-order valence-corrected chi connectivity index (χ0v) is 14.0. The van der Waals surface area contributed by atoms with Crippen molar-refractivity contribution < 1.29 is 91.1 Å². The smallest absolute Gasteiger partial charge is 0.750 e. The maximum absolute atomic E-state index is 10.7. The molecule has 0 heterocycles. The van der Waals surface area contributed by atoms with E-state index in [0.29, 0.717) is 0 Å². The molecule has 1 unspecified atom stereocenters. The van der Waals surface area contributed by atoms with Crippen molar-refractivity contribution in [2.45, 2.75) is 11.0 Å². The molecule has 0 aromatic carbocycles. The van der Waals surface area contributed by atoms with E-state index in [1.165, 1.54) is 0 Å². The minimum atomic E-state index is -6.09. The average Bonchev–Trinajstić information content (AvgIpc) is 2.12. The zero-order valence-electron chi connectivity index (χ0n) is 9.74. The molecule has 0 aliphatic carbocycles. The molecule has 0 radical (unpaired) electrons. The van der Waals surface area contributed by atoms with Crippen LogP contribution in [0.2, 0.25) is 0 Å². The monoisotopic (exact) mass is 438 g/mol. The normalized spacial score (nSPS) is 13.5. The second-order valence-electron chi connectivity index (χ2n) is 2.17.